The normalized spacial score (nSPS) is 20.2. The van der Waals surface area contributed by atoms with Gasteiger partial charge in [0, 0.05) is 19.1 Å². The number of ether oxygens (including phenoxy) is 1. The van der Waals surface area contributed by atoms with E-state index in [-0.39, 0.29) is 6.09 Å². The second kappa shape index (κ2) is 9.57. The zero-order chi connectivity index (χ0) is 15.7. The lowest BCUT2D eigenvalue weighted by Gasteiger charge is -2.28. The Balaban J connectivity index is 2.36. The zero-order valence-electron chi connectivity index (χ0n) is 14.1. The molecule has 0 saturated carbocycles. The van der Waals surface area contributed by atoms with E-state index in [1.165, 1.54) is 24.3 Å². The highest BCUT2D eigenvalue weighted by molar-refractivity contribution is 7.99. The third kappa shape index (κ3) is 8.57. The molecule has 1 unspecified atom stereocenters. The lowest BCUT2D eigenvalue weighted by Crippen LogP contribution is -2.44. The van der Waals surface area contributed by atoms with Gasteiger partial charge in [-0.1, -0.05) is 13.3 Å². The second-order valence-electron chi connectivity index (χ2n) is 6.62. The van der Waals surface area contributed by atoms with Crippen molar-refractivity contribution in [3.63, 3.8) is 0 Å². The molecule has 4 nitrogen and oxygen atoms in total. The van der Waals surface area contributed by atoms with Crippen LogP contribution in [0, 0.1) is 0 Å². The molecule has 1 heterocycles. The van der Waals surface area contributed by atoms with Crippen molar-refractivity contribution in [1.82, 2.24) is 10.2 Å². The fourth-order valence-corrected chi connectivity index (χ4v) is 3.06. The van der Waals surface area contributed by atoms with Crippen LogP contribution in [0.4, 0.5) is 4.79 Å². The number of amides is 1. The maximum absolute atomic E-state index is 12.2. The Bertz CT molecular complexity index is 305. The molecule has 1 amide bonds. The van der Waals surface area contributed by atoms with Crippen molar-refractivity contribution >= 4 is 17.9 Å². The summed E-state index contributed by atoms with van der Waals surface area (Å²) in [6, 6.07) is 0.409. The quantitative estimate of drug-likeness (QED) is 0.761. The van der Waals surface area contributed by atoms with E-state index in [1.54, 1.807) is 0 Å². The molecule has 21 heavy (non-hydrogen) atoms. The van der Waals surface area contributed by atoms with Gasteiger partial charge in [-0.05, 0) is 58.1 Å². The first-order valence-corrected chi connectivity index (χ1v) is 9.37. The van der Waals surface area contributed by atoms with Crippen LogP contribution >= 0.6 is 11.8 Å². The molecule has 0 aliphatic carbocycles. The fourth-order valence-electron chi connectivity index (χ4n) is 2.43. The summed E-state index contributed by atoms with van der Waals surface area (Å²) in [4.78, 5) is 14.1. The molecule has 1 aliphatic heterocycles. The summed E-state index contributed by atoms with van der Waals surface area (Å²) in [6.45, 7) is 10.6. The van der Waals surface area contributed by atoms with Crippen LogP contribution in [0.2, 0.25) is 0 Å². The van der Waals surface area contributed by atoms with E-state index in [0.29, 0.717) is 6.04 Å². The lowest BCUT2D eigenvalue weighted by atomic mass is 10.1. The van der Waals surface area contributed by atoms with E-state index in [2.05, 4.69) is 12.2 Å². The molecular formula is C16H32N2O2S. The van der Waals surface area contributed by atoms with Crippen molar-refractivity contribution in [2.75, 3.05) is 31.1 Å². The van der Waals surface area contributed by atoms with E-state index in [4.69, 9.17) is 4.74 Å². The summed E-state index contributed by atoms with van der Waals surface area (Å²) >= 11 is 1.99. The maximum atomic E-state index is 12.2. The molecular weight excluding hydrogens is 284 g/mol. The predicted octanol–water partition coefficient (Wildman–Crippen LogP) is 3.51. The van der Waals surface area contributed by atoms with Gasteiger partial charge in [0.15, 0.2) is 0 Å². The molecule has 0 bridgehead atoms. The van der Waals surface area contributed by atoms with Crippen LogP contribution in [0.15, 0.2) is 0 Å². The van der Waals surface area contributed by atoms with Gasteiger partial charge in [-0.25, -0.2) is 4.79 Å². The highest BCUT2D eigenvalue weighted by atomic mass is 32.2. The van der Waals surface area contributed by atoms with Crippen LogP contribution in [-0.4, -0.2) is 53.8 Å². The van der Waals surface area contributed by atoms with Crippen molar-refractivity contribution < 1.29 is 9.53 Å². The molecule has 1 N–H and O–H groups in total. The molecule has 5 heteroatoms. The van der Waals surface area contributed by atoms with Crippen LogP contribution in [0.1, 0.15) is 53.4 Å². The van der Waals surface area contributed by atoms with Gasteiger partial charge in [0.1, 0.15) is 5.60 Å². The van der Waals surface area contributed by atoms with Gasteiger partial charge in [-0.3, -0.25) is 0 Å². The van der Waals surface area contributed by atoms with Gasteiger partial charge in [0.05, 0.1) is 0 Å². The third-order valence-corrected chi connectivity index (χ3v) is 4.41. The maximum Gasteiger partial charge on any atom is 0.410 e. The Morgan fingerprint density at radius 3 is 2.81 bits per heavy atom. The number of thioether (sulfide) groups is 1. The van der Waals surface area contributed by atoms with Gasteiger partial charge in [-0.15, -0.1) is 0 Å². The molecule has 0 aromatic carbocycles. The number of nitrogens with zero attached hydrogens (tertiary/aromatic N) is 1. The Labute approximate surface area is 134 Å². The molecule has 1 fully saturated rings. The fraction of sp³-hybridized carbons (Fsp3) is 0.938. The third-order valence-electron chi connectivity index (χ3n) is 3.43. The Morgan fingerprint density at radius 1 is 1.38 bits per heavy atom. The van der Waals surface area contributed by atoms with Crippen molar-refractivity contribution in [1.29, 1.82) is 0 Å². The highest BCUT2D eigenvalue weighted by Crippen LogP contribution is 2.15. The SMILES string of the molecule is CCSCCCNC1CCCCN(C(=O)OC(C)(C)C)C1. The van der Waals surface area contributed by atoms with Gasteiger partial charge in [-0.2, -0.15) is 11.8 Å². The van der Waals surface area contributed by atoms with Crippen LogP contribution in [0.3, 0.4) is 0 Å². The minimum absolute atomic E-state index is 0.169. The average Bonchev–Trinajstić information content (AvgIpc) is 2.62. The minimum Gasteiger partial charge on any atom is -0.444 e. The van der Waals surface area contributed by atoms with Crippen molar-refractivity contribution in [2.45, 2.75) is 65.0 Å². The van der Waals surface area contributed by atoms with E-state index < -0.39 is 5.60 Å². The average molecular weight is 317 g/mol. The molecule has 0 aromatic rings. The first-order chi connectivity index (χ1) is 9.92. The predicted molar refractivity (Wildman–Crippen MR) is 91.1 cm³/mol. The van der Waals surface area contributed by atoms with E-state index in [9.17, 15) is 4.79 Å². The van der Waals surface area contributed by atoms with Crippen LogP contribution in [0.25, 0.3) is 0 Å². The summed E-state index contributed by atoms with van der Waals surface area (Å²) in [5.41, 5.74) is -0.413. The van der Waals surface area contributed by atoms with E-state index in [0.717, 1.165) is 32.5 Å². The van der Waals surface area contributed by atoms with Gasteiger partial charge >= 0.3 is 6.09 Å². The first kappa shape index (κ1) is 18.6. The molecule has 1 aliphatic rings. The number of hydrogen-bond acceptors (Lipinski definition) is 4. The molecule has 124 valence electrons. The Morgan fingerprint density at radius 2 is 2.14 bits per heavy atom. The number of carbonyl (C=O) groups is 1. The van der Waals surface area contributed by atoms with E-state index in [1.807, 2.05) is 37.4 Å². The standard InChI is InChI=1S/C16H32N2O2S/c1-5-21-12-8-10-17-14-9-6-7-11-18(13-14)15(19)20-16(2,3)4/h14,17H,5-13H2,1-4H3. The van der Waals surface area contributed by atoms with E-state index >= 15 is 0 Å². The lowest BCUT2D eigenvalue weighted by molar-refractivity contribution is 0.0244. The van der Waals surface area contributed by atoms with Gasteiger partial charge < -0.3 is 15.0 Å². The summed E-state index contributed by atoms with van der Waals surface area (Å²) in [7, 11) is 0. The number of carbonyl (C=O) groups excluding carboxylic acids is 1. The first-order valence-electron chi connectivity index (χ1n) is 8.21. The monoisotopic (exact) mass is 316 g/mol. The largest absolute Gasteiger partial charge is 0.444 e. The summed E-state index contributed by atoms with van der Waals surface area (Å²) < 4.78 is 5.49. The molecule has 0 aromatic heterocycles. The number of rotatable bonds is 6. The van der Waals surface area contributed by atoms with Gasteiger partial charge in [0.25, 0.3) is 0 Å². The summed E-state index contributed by atoms with van der Waals surface area (Å²) in [6.07, 6.45) is 4.43. The Kier molecular flexibility index (Phi) is 8.49. The van der Waals surface area contributed by atoms with Crippen LogP contribution in [0.5, 0.6) is 0 Å². The molecule has 1 atom stereocenters. The highest BCUT2D eigenvalue weighted by Gasteiger charge is 2.25. The molecule has 0 spiro atoms. The van der Waals surface area contributed by atoms with Crippen molar-refractivity contribution in [3.8, 4) is 0 Å². The minimum atomic E-state index is -0.413. The molecule has 1 saturated heterocycles. The molecule has 1 rings (SSSR count). The van der Waals surface area contributed by atoms with Crippen LogP contribution < -0.4 is 5.32 Å². The summed E-state index contributed by atoms with van der Waals surface area (Å²) in [5.74, 6) is 2.40. The van der Waals surface area contributed by atoms with Gasteiger partial charge in [0.2, 0.25) is 0 Å². The smallest absolute Gasteiger partial charge is 0.410 e. The van der Waals surface area contributed by atoms with Crippen molar-refractivity contribution in [2.24, 2.45) is 0 Å². The number of hydrogen-bond donors (Lipinski definition) is 1. The summed E-state index contributed by atoms with van der Waals surface area (Å²) in [5, 5.41) is 3.61. The zero-order valence-corrected chi connectivity index (χ0v) is 14.9. The number of nitrogens with one attached hydrogen (secondary N) is 1. The second-order valence-corrected chi connectivity index (χ2v) is 8.02. The molecule has 0 radical (unpaired) electrons. The van der Waals surface area contributed by atoms with Crippen LogP contribution in [-0.2, 0) is 4.74 Å². The number of likely N-dealkylation sites (tertiary alicyclic amines) is 1. The Hall–Kier alpha value is -0.420. The van der Waals surface area contributed by atoms with Crippen molar-refractivity contribution in [3.05, 3.63) is 0 Å². The topological polar surface area (TPSA) is 41.6 Å².